The smallest absolute Gasteiger partial charge is 0.343 e. The molecule has 0 bridgehead atoms. The van der Waals surface area contributed by atoms with Gasteiger partial charge >= 0.3 is 5.97 Å². The summed E-state index contributed by atoms with van der Waals surface area (Å²) in [5.74, 6) is -0.126. The predicted molar refractivity (Wildman–Crippen MR) is 108 cm³/mol. The molecule has 0 spiro atoms. The van der Waals surface area contributed by atoms with E-state index >= 15 is 0 Å². The summed E-state index contributed by atoms with van der Waals surface area (Å²) in [4.78, 5) is 12.2. The number of carbonyl (C=O) groups excluding carboxylic acids is 1. The largest absolute Gasteiger partial charge is 0.423 e. The molecule has 0 aliphatic rings. The van der Waals surface area contributed by atoms with Crippen LogP contribution in [0.15, 0.2) is 72.8 Å². The van der Waals surface area contributed by atoms with Crippen molar-refractivity contribution >= 4 is 40.8 Å². The Morgan fingerprint density at radius 2 is 1.63 bits per heavy atom. The first kappa shape index (κ1) is 18.7. The summed E-state index contributed by atoms with van der Waals surface area (Å²) < 4.78 is 5.41. The summed E-state index contributed by atoms with van der Waals surface area (Å²) in [6.45, 7) is 0. The second kappa shape index (κ2) is 8.55. The summed E-state index contributed by atoms with van der Waals surface area (Å²) in [7, 11) is 0. The minimum absolute atomic E-state index is 0.363. The van der Waals surface area contributed by atoms with Crippen LogP contribution >= 0.6 is 23.2 Å². The van der Waals surface area contributed by atoms with Gasteiger partial charge in [0.15, 0.2) is 0 Å². The molecule has 0 aromatic heterocycles. The van der Waals surface area contributed by atoms with E-state index in [9.17, 15) is 10.1 Å². The molecule has 27 heavy (non-hydrogen) atoms. The number of rotatable bonds is 4. The molecule has 0 atom stereocenters. The Balaban J connectivity index is 1.83. The number of carbonyl (C=O) groups is 1. The first-order valence-electron chi connectivity index (χ1n) is 8.01. The second-order valence-electron chi connectivity index (χ2n) is 5.65. The van der Waals surface area contributed by atoms with E-state index in [1.807, 2.05) is 6.07 Å². The van der Waals surface area contributed by atoms with E-state index in [-0.39, 0.29) is 0 Å². The number of esters is 1. The molecule has 3 aromatic carbocycles. The second-order valence-corrected chi connectivity index (χ2v) is 6.52. The molecule has 0 saturated heterocycles. The third-order valence-electron chi connectivity index (χ3n) is 3.72. The maximum Gasteiger partial charge on any atom is 0.343 e. The zero-order valence-electron chi connectivity index (χ0n) is 14.0. The zero-order valence-corrected chi connectivity index (χ0v) is 15.5. The third-order valence-corrected chi connectivity index (χ3v) is 4.20. The van der Waals surface area contributed by atoms with Crippen molar-refractivity contribution in [2.45, 2.75) is 0 Å². The van der Waals surface area contributed by atoms with Crippen LogP contribution in [-0.4, -0.2) is 5.97 Å². The van der Waals surface area contributed by atoms with Gasteiger partial charge in [0.05, 0.1) is 17.2 Å². The van der Waals surface area contributed by atoms with Gasteiger partial charge in [-0.15, -0.1) is 0 Å². The SMILES string of the molecule is N#C/C(=C/c1cccc(OC(=O)c2cccc(Cl)c2)c1)c1ccc(Cl)cc1. The highest BCUT2D eigenvalue weighted by Crippen LogP contribution is 2.23. The highest BCUT2D eigenvalue weighted by atomic mass is 35.5. The van der Waals surface area contributed by atoms with Gasteiger partial charge in [-0.25, -0.2) is 4.79 Å². The molecule has 0 fully saturated rings. The molecule has 132 valence electrons. The standard InChI is InChI=1S/C22H13Cl2NO2/c23-19-9-7-16(8-10-19)18(14-25)11-15-3-1-6-21(12-15)27-22(26)17-4-2-5-20(24)13-17/h1-13H/b18-11-. The molecule has 0 unspecified atom stereocenters. The van der Waals surface area contributed by atoms with Crippen LogP contribution in [0.2, 0.25) is 10.0 Å². The Morgan fingerprint density at radius 3 is 2.33 bits per heavy atom. The van der Waals surface area contributed by atoms with Crippen molar-refractivity contribution < 1.29 is 9.53 Å². The maximum absolute atomic E-state index is 12.2. The van der Waals surface area contributed by atoms with Crippen molar-refractivity contribution in [2.24, 2.45) is 0 Å². The molecule has 3 aromatic rings. The van der Waals surface area contributed by atoms with Gasteiger partial charge in [-0.2, -0.15) is 5.26 Å². The number of benzene rings is 3. The number of hydrogen-bond acceptors (Lipinski definition) is 3. The van der Waals surface area contributed by atoms with Crippen LogP contribution in [0.3, 0.4) is 0 Å². The first-order valence-corrected chi connectivity index (χ1v) is 8.76. The number of allylic oxidation sites excluding steroid dienone is 1. The predicted octanol–water partition coefficient (Wildman–Crippen LogP) is 6.28. The highest BCUT2D eigenvalue weighted by molar-refractivity contribution is 6.31. The summed E-state index contributed by atoms with van der Waals surface area (Å²) in [5, 5.41) is 10.5. The minimum Gasteiger partial charge on any atom is -0.423 e. The molecule has 3 nitrogen and oxygen atoms in total. The van der Waals surface area contributed by atoms with Crippen LogP contribution in [0.1, 0.15) is 21.5 Å². The number of nitriles is 1. The Hall–Kier alpha value is -3.06. The van der Waals surface area contributed by atoms with E-state index in [2.05, 4.69) is 6.07 Å². The summed E-state index contributed by atoms with van der Waals surface area (Å²) in [5.41, 5.74) is 2.33. The van der Waals surface area contributed by atoms with Crippen molar-refractivity contribution in [3.05, 3.63) is 99.5 Å². The normalized spacial score (nSPS) is 10.9. The monoisotopic (exact) mass is 393 g/mol. The Bertz CT molecular complexity index is 1050. The lowest BCUT2D eigenvalue weighted by molar-refractivity contribution is 0.0735. The molecule has 0 radical (unpaired) electrons. The van der Waals surface area contributed by atoms with Gasteiger partial charge in [-0.3, -0.25) is 0 Å². The molecule has 0 N–H and O–H groups in total. The van der Waals surface area contributed by atoms with Crippen molar-refractivity contribution in [1.82, 2.24) is 0 Å². The van der Waals surface area contributed by atoms with Crippen LogP contribution in [0, 0.1) is 11.3 Å². The van der Waals surface area contributed by atoms with Crippen molar-refractivity contribution in [3.63, 3.8) is 0 Å². The van der Waals surface area contributed by atoms with Crippen LogP contribution in [0.25, 0.3) is 11.6 Å². The Kier molecular flexibility index (Phi) is 5.93. The fraction of sp³-hybridized carbons (Fsp3) is 0. The van der Waals surface area contributed by atoms with E-state index in [4.69, 9.17) is 27.9 Å². The topological polar surface area (TPSA) is 50.1 Å². The lowest BCUT2D eigenvalue weighted by Gasteiger charge is -2.06. The Morgan fingerprint density at radius 1 is 0.889 bits per heavy atom. The molecule has 5 heteroatoms. The molecular formula is C22H13Cl2NO2. The molecule has 0 aliphatic heterocycles. The quantitative estimate of drug-likeness (QED) is 0.227. The molecule has 0 amide bonds. The molecular weight excluding hydrogens is 381 g/mol. The van der Waals surface area contributed by atoms with Gasteiger partial charge in [0.1, 0.15) is 5.75 Å². The Labute approximate surface area is 167 Å². The number of halogens is 2. The van der Waals surface area contributed by atoms with Gasteiger partial charge in [0.25, 0.3) is 0 Å². The summed E-state index contributed by atoms with van der Waals surface area (Å²) in [6, 6.07) is 22.7. The molecule has 3 rings (SSSR count). The fourth-order valence-electron chi connectivity index (χ4n) is 2.43. The van der Waals surface area contributed by atoms with Crippen molar-refractivity contribution in [2.75, 3.05) is 0 Å². The lowest BCUT2D eigenvalue weighted by atomic mass is 10.0. The van der Waals surface area contributed by atoms with Gasteiger partial charge in [0, 0.05) is 10.0 Å². The van der Waals surface area contributed by atoms with Crippen molar-refractivity contribution in [1.29, 1.82) is 5.26 Å². The zero-order chi connectivity index (χ0) is 19.2. The summed E-state index contributed by atoms with van der Waals surface area (Å²) in [6.07, 6.45) is 1.72. The van der Waals surface area contributed by atoms with Crippen molar-refractivity contribution in [3.8, 4) is 11.8 Å². The van der Waals surface area contributed by atoms with E-state index in [0.717, 1.165) is 11.1 Å². The number of nitrogens with zero attached hydrogens (tertiary/aromatic N) is 1. The van der Waals surface area contributed by atoms with E-state index in [1.54, 1.807) is 72.8 Å². The molecule has 0 heterocycles. The number of hydrogen-bond donors (Lipinski definition) is 0. The first-order chi connectivity index (χ1) is 13.0. The average molecular weight is 394 g/mol. The van der Waals surface area contributed by atoms with Crippen LogP contribution < -0.4 is 4.74 Å². The average Bonchev–Trinajstić information content (AvgIpc) is 2.67. The molecule has 0 saturated carbocycles. The van der Waals surface area contributed by atoms with Crippen LogP contribution in [0.4, 0.5) is 0 Å². The molecule has 0 aliphatic carbocycles. The number of ether oxygens (including phenoxy) is 1. The van der Waals surface area contributed by atoms with E-state index < -0.39 is 5.97 Å². The van der Waals surface area contributed by atoms with Crippen LogP contribution in [-0.2, 0) is 0 Å². The van der Waals surface area contributed by atoms with E-state index in [1.165, 1.54) is 0 Å². The van der Waals surface area contributed by atoms with Crippen LogP contribution in [0.5, 0.6) is 5.75 Å². The minimum atomic E-state index is -0.503. The fourth-order valence-corrected chi connectivity index (χ4v) is 2.74. The maximum atomic E-state index is 12.2. The highest BCUT2D eigenvalue weighted by Gasteiger charge is 2.09. The summed E-state index contributed by atoms with van der Waals surface area (Å²) >= 11 is 11.8. The van der Waals surface area contributed by atoms with E-state index in [0.29, 0.717) is 26.9 Å². The third kappa shape index (κ3) is 4.98. The van der Waals surface area contributed by atoms with Gasteiger partial charge in [0.2, 0.25) is 0 Å². The van der Waals surface area contributed by atoms with Gasteiger partial charge < -0.3 is 4.74 Å². The van der Waals surface area contributed by atoms with Gasteiger partial charge in [-0.1, -0.05) is 53.5 Å². The van der Waals surface area contributed by atoms with Gasteiger partial charge in [-0.05, 0) is 59.7 Å². The lowest BCUT2D eigenvalue weighted by Crippen LogP contribution is -2.08.